The van der Waals surface area contributed by atoms with E-state index in [2.05, 4.69) is 15.2 Å². The Morgan fingerprint density at radius 1 is 1.12 bits per heavy atom. The number of rotatable bonds is 6. The largest absolute Gasteiger partial charge is 0.494 e. The monoisotopic (exact) mass is 352 g/mol. The van der Waals surface area contributed by atoms with Crippen molar-refractivity contribution in [3.63, 3.8) is 0 Å². The van der Waals surface area contributed by atoms with Crippen molar-refractivity contribution in [2.75, 3.05) is 6.61 Å². The molecule has 0 aliphatic rings. The maximum atomic E-state index is 5.73. The van der Waals surface area contributed by atoms with Gasteiger partial charge >= 0.3 is 0 Å². The number of imidazole rings is 1. The number of hydrogen-bond acceptors (Lipinski definition) is 6. The normalized spacial score (nSPS) is 11.1. The highest BCUT2D eigenvalue weighted by Crippen LogP contribution is 2.26. The lowest BCUT2D eigenvalue weighted by Crippen LogP contribution is -1.90. The van der Waals surface area contributed by atoms with Gasteiger partial charge in [0.25, 0.3) is 5.22 Å². The van der Waals surface area contributed by atoms with Gasteiger partial charge in [-0.3, -0.25) is 0 Å². The predicted octanol–water partition coefficient (Wildman–Crippen LogP) is 4.08. The molecule has 4 aromatic rings. The third kappa shape index (κ3) is 3.51. The number of nitrogens with zero attached hydrogens (tertiary/aromatic N) is 4. The van der Waals surface area contributed by atoms with Crippen molar-refractivity contribution < 1.29 is 9.15 Å². The van der Waals surface area contributed by atoms with E-state index in [0.29, 0.717) is 23.5 Å². The fraction of sp³-hybridized carbons (Fsp3) is 0.167. The Kier molecular flexibility index (Phi) is 4.39. The maximum Gasteiger partial charge on any atom is 0.277 e. The lowest BCUT2D eigenvalue weighted by atomic mass is 10.2. The number of hydrogen-bond donors (Lipinski definition) is 0. The zero-order chi connectivity index (χ0) is 17.1. The van der Waals surface area contributed by atoms with Crippen LogP contribution in [-0.2, 0) is 5.75 Å². The number of thioether (sulfide) groups is 1. The summed E-state index contributed by atoms with van der Waals surface area (Å²) in [4.78, 5) is 4.56. The smallest absolute Gasteiger partial charge is 0.277 e. The van der Waals surface area contributed by atoms with E-state index in [1.807, 2.05) is 66.2 Å². The fourth-order valence-electron chi connectivity index (χ4n) is 2.44. The molecule has 0 saturated carbocycles. The predicted molar refractivity (Wildman–Crippen MR) is 95.7 cm³/mol. The summed E-state index contributed by atoms with van der Waals surface area (Å²) >= 11 is 1.47. The molecule has 3 aromatic heterocycles. The average molecular weight is 352 g/mol. The minimum Gasteiger partial charge on any atom is -0.494 e. The molecule has 0 amide bonds. The van der Waals surface area contributed by atoms with Crippen LogP contribution < -0.4 is 4.74 Å². The molecule has 0 fully saturated rings. The van der Waals surface area contributed by atoms with E-state index in [9.17, 15) is 0 Å². The molecule has 0 unspecified atom stereocenters. The lowest BCUT2D eigenvalue weighted by molar-refractivity contribution is 0.340. The van der Waals surface area contributed by atoms with E-state index in [1.165, 1.54) is 11.8 Å². The quantitative estimate of drug-likeness (QED) is 0.487. The van der Waals surface area contributed by atoms with Gasteiger partial charge in [0.1, 0.15) is 11.4 Å². The van der Waals surface area contributed by atoms with Crippen LogP contribution in [0.15, 0.2) is 64.5 Å². The van der Waals surface area contributed by atoms with Gasteiger partial charge < -0.3 is 13.6 Å². The molecule has 4 rings (SSSR count). The Morgan fingerprint density at radius 3 is 2.80 bits per heavy atom. The average Bonchev–Trinajstić information content (AvgIpc) is 3.27. The second-order valence-electron chi connectivity index (χ2n) is 5.32. The number of fused-ring (bicyclic) bond motifs is 1. The molecule has 0 saturated heterocycles. The first-order valence-corrected chi connectivity index (χ1v) is 8.92. The van der Waals surface area contributed by atoms with Crippen molar-refractivity contribution in [3.8, 4) is 17.2 Å². The number of benzene rings is 1. The van der Waals surface area contributed by atoms with E-state index < -0.39 is 0 Å². The lowest BCUT2D eigenvalue weighted by Gasteiger charge is -2.02. The zero-order valence-corrected chi connectivity index (χ0v) is 14.4. The van der Waals surface area contributed by atoms with Crippen LogP contribution >= 0.6 is 11.8 Å². The minimum atomic E-state index is 0.501. The van der Waals surface area contributed by atoms with Gasteiger partial charge in [0.2, 0.25) is 5.89 Å². The molecule has 7 heteroatoms. The topological polar surface area (TPSA) is 65.5 Å². The van der Waals surface area contributed by atoms with Crippen molar-refractivity contribution >= 4 is 17.4 Å². The van der Waals surface area contributed by atoms with Crippen LogP contribution in [0.3, 0.4) is 0 Å². The molecule has 1 aromatic carbocycles. The molecule has 0 bridgehead atoms. The van der Waals surface area contributed by atoms with Crippen molar-refractivity contribution in [3.05, 3.63) is 60.6 Å². The van der Waals surface area contributed by atoms with Crippen molar-refractivity contribution in [1.29, 1.82) is 0 Å². The molecule has 0 N–H and O–H groups in total. The maximum absolute atomic E-state index is 5.73. The molecule has 0 spiro atoms. The summed E-state index contributed by atoms with van der Waals surface area (Å²) in [6.45, 7) is 2.60. The Labute approximate surface area is 148 Å². The van der Waals surface area contributed by atoms with Crippen LogP contribution in [0.2, 0.25) is 0 Å². The first-order chi connectivity index (χ1) is 12.3. The first-order valence-electron chi connectivity index (χ1n) is 7.94. The van der Waals surface area contributed by atoms with E-state index >= 15 is 0 Å². The summed E-state index contributed by atoms with van der Waals surface area (Å²) in [5.41, 5.74) is 2.77. The molecular weight excluding hydrogens is 336 g/mol. The second-order valence-corrected chi connectivity index (χ2v) is 6.24. The number of aromatic nitrogens is 4. The van der Waals surface area contributed by atoms with Gasteiger partial charge in [-0.25, -0.2) is 4.98 Å². The van der Waals surface area contributed by atoms with E-state index in [4.69, 9.17) is 9.15 Å². The molecule has 25 heavy (non-hydrogen) atoms. The number of ether oxygens (including phenoxy) is 1. The van der Waals surface area contributed by atoms with Crippen molar-refractivity contribution in [2.45, 2.75) is 17.9 Å². The van der Waals surface area contributed by atoms with Crippen LogP contribution in [0, 0.1) is 0 Å². The molecule has 0 aliphatic carbocycles. The van der Waals surface area contributed by atoms with Crippen molar-refractivity contribution in [1.82, 2.24) is 19.6 Å². The highest BCUT2D eigenvalue weighted by molar-refractivity contribution is 7.98. The Morgan fingerprint density at radius 2 is 2.00 bits per heavy atom. The molecule has 126 valence electrons. The van der Waals surface area contributed by atoms with Crippen LogP contribution in [-0.4, -0.2) is 26.2 Å². The van der Waals surface area contributed by atoms with Gasteiger partial charge in [-0.05, 0) is 43.3 Å². The van der Waals surface area contributed by atoms with E-state index in [0.717, 1.165) is 22.7 Å². The van der Waals surface area contributed by atoms with E-state index in [1.54, 1.807) is 0 Å². The molecule has 6 nitrogen and oxygen atoms in total. The van der Waals surface area contributed by atoms with Crippen LogP contribution in [0.25, 0.3) is 17.1 Å². The minimum absolute atomic E-state index is 0.501. The van der Waals surface area contributed by atoms with Gasteiger partial charge in [0.15, 0.2) is 0 Å². The summed E-state index contributed by atoms with van der Waals surface area (Å²) in [7, 11) is 0. The Bertz CT molecular complexity index is 945. The zero-order valence-electron chi connectivity index (χ0n) is 13.6. The third-order valence-corrected chi connectivity index (χ3v) is 4.43. The van der Waals surface area contributed by atoms with Crippen molar-refractivity contribution in [2.24, 2.45) is 0 Å². The second kappa shape index (κ2) is 6.98. The van der Waals surface area contributed by atoms with Gasteiger partial charge in [-0.1, -0.05) is 17.8 Å². The molecule has 0 aliphatic heterocycles. The highest BCUT2D eigenvalue weighted by Gasteiger charge is 2.10. The standard InChI is InChI=1S/C18H16N4O2S/c1-2-23-15-8-6-13(7-9-15)17-20-21-18(24-17)25-12-14-11-22-10-4-3-5-16(22)19-14/h3-11H,2,12H2,1H3. The molecule has 0 radical (unpaired) electrons. The van der Waals surface area contributed by atoms with Gasteiger partial charge in [0.05, 0.1) is 12.3 Å². The van der Waals surface area contributed by atoms with Crippen LogP contribution in [0.1, 0.15) is 12.6 Å². The van der Waals surface area contributed by atoms with Crippen LogP contribution in [0.4, 0.5) is 0 Å². The Balaban J connectivity index is 1.44. The summed E-state index contributed by atoms with van der Waals surface area (Å²) in [6.07, 6.45) is 3.99. The van der Waals surface area contributed by atoms with E-state index in [-0.39, 0.29) is 0 Å². The number of pyridine rings is 1. The summed E-state index contributed by atoms with van der Waals surface area (Å²) in [5, 5.41) is 8.74. The summed E-state index contributed by atoms with van der Waals surface area (Å²) in [5.74, 6) is 2.00. The van der Waals surface area contributed by atoms with Gasteiger partial charge in [-0.15, -0.1) is 10.2 Å². The third-order valence-electron chi connectivity index (χ3n) is 3.58. The molecule has 0 atom stereocenters. The van der Waals surface area contributed by atoms with Gasteiger partial charge in [0, 0.05) is 23.7 Å². The first kappa shape index (κ1) is 15.7. The SMILES string of the molecule is CCOc1ccc(-c2nnc(SCc3cn4ccccc4n3)o2)cc1. The fourth-order valence-corrected chi connectivity index (χ4v) is 3.08. The van der Waals surface area contributed by atoms with Gasteiger partial charge in [-0.2, -0.15) is 0 Å². The summed E-state index contributed by atoms with van der Waals surface area (Å²) < 4.78 is 13.2. The molecule has 3 heterocycles. The highest BCUT2D eigenvalue weighted by atomic mass is 32.2. The summed E-state index contributed by atoms with van der Waals surface area (Å²) in [6, 6.07) is 13.5. The van der Waals surface area contributed by atoms with Crippen LogP contribution in [0.5, 0.6) is 5.75 Å². The Hall–Kier alpha value is -2.80. The molecular formula is C18H16N4O2S.